The van der Waals surface area contributed by atoms with Crippen molar-refractivity contribution in [1.82, 2.24) is 14.7 Å². The minimum Gasteiger partial charge on any atom is -0.497 e. The van der Waals surface area contributed by atoms with Gasteiger partial charge in [0.25, 0.3) is 0 Å². The highest BCUT2D eigenvalue weighted by Gasteiger charge is 2.25. The van der Waals surface area contributed by atoms with Crippen LogP contribution >= 0.6 is 0 Å². The molecule has 0 spiro atoms. The Labute approximate surface area is 168 Å². The van der Waals surface area contributed by atoms with Crippen LogP contribution in [0, 0.1) is 0 Å². The number of methoxy groups -OCH3 is 1. The van der Waals surface area contributed by atoms with Crippen molar-refractivity contribution in [2.45, 2.75) is 38.5 Å². The molecule has 0 radical (unpaired) electrons. The maximum Gasteiger partial charge on any atom is 0.223 e. The van der Waals surface area contributed by atoms with E-state index in [0.29, 0.717) is 39.0 Å². The number of hydrogen-bond acceptors (Lipinski definition) is 4. The van der Waals surface area contributed by atoms with Crippen LogP contribution in [0.15, 0.2) is 24.3 Å². The minimum atomic E-state index is 0.165. The van der Waals surface area contributed by atoms with Crippen LogP contribution in [0.25, 0.3) is 0 Å². The molecule has 2 saturated heterocycles. The molecule has 2 amide bonds. The summed E-state index contributed by atoms with van der Waals surface area (Å²) in [6.07, 6.45) is 3.60. The molecule has 0 N–H and O–H groups in total. The quantitative estimate of drug-likeness (QED) is 0.721. The second kappa shape index (κ2) is 9.92. The summed E-state index contributed by atoms with van der Waals surface area (Å²) in [6.45, 7) is 7.80. The van der Waals surface area contributed by atoms with Crippen molar-refractivity contribution in [1.29, 1.82) is 0 Å². The van der Waals surface area contributed by atoms with E-state index in [0.717, 1.165) is 30.9 Å². The summed E-state index contributed by atoms with van der Waals surface area (Å²) in [7, 11) is 1.65. The van der Waals surface area contributed by atoms with Crippen LogP contribution in [0.1, 0.15) is 44.1 Å². The molecule has 28 heavy (non-hydrogen) atoms. The molecule has 2 aliphatic rings. The van der Waals surface area contributed by atoms with E-state index in [4.69, 9.17) is 4.74 Å². The summed E-state index contributed by atoms with van der Waals surface area (Å²) in [5.74, 6) is 1.39. The molecule has 6 nitrogen and oxygen atoms in total. The number of piperazine rings is 1. The van der Waals surface area contributed by atoms with Crippen molar-refractivity contribution in [2.24, 2.45) is 0 Å². The minimum absolute atomic E-state index is 0.165. The highest BCUT2D eigenvalue weighted by molar-refractivity contribution is 5.79. The lowest BCUT2D eigenvalue weighted by molar-refractivity contribution is -0.139. The number of benzene rings is 1. The average Bonchev–Trinajstić information content (AvgIpc) is 3.25. The summed E-state index contributed by atoms with van der Waals surface area (Å²) in [4.78, 5) is 31.3. The molecule has 1 aromatic rings. The smallest absolute Gasteiger partial charge is 0.223 e. The predicted octanol–water partition coefficient (Wildman–Crippen LogP) is 2.35. The zero-order chi connectivity index (χ0) is 19.9. The van der Waals surface area contributed by atoms with Gasteiger partial charge in [0.05, 0.1) is 7.11 Å². The molecule has 6 heteroatoms. The van der Waals surface area contributed by atoms with Gasteiger partial charge in [-0.25, -0.2) is 0 Å². The molecule has 2 fully saturated rings. The first-order chi connectivity index (χ1) is 13.6. The van der Waals surface area contributed by atoms with E-state index in [1.54, 1.807) is 7.11 Å². The number of rotatable bonds is 7. The molecule has 154 valence electrons. The summed E-state index contributed by atoms with van der Waals surface area (Å²) in [5.41, 5.74) is 1.14. The van der Waals surface area contributed by atoms with Gasteiger partial charge in [-0.1, -0.05) is 19.1 Å². The first-order valence-electron chi connectivity index (χ1n) is 10.5. The molecule has 0 saturated carbocycles. The predicted molar refractivity (Wildman–Crippen MR) is 109 cm³/mol. The van der Waals surface area contributed by atoms with Crippen molar-refractivity contribution >= 4 is 11.8 Å². The third kappa shape index (κ3) is 5.47. The van der Waals surface area contributed by atoms with Gasteiger partial charge in [0.1, 0.15) is 5.75 Å². The number of carbonyl (C=O) groups excluding carboxylic acids is 2. The second-order valence-electron chi connectivity index (χ2n) is 7.94. The Hall–Kier alpha value is -2.08. The molecular formula is C22H33N3O3. The van der Waals surface area contributed by atoms with Crippen LogP contribution in [-0.4, -0.2) is 79.4 Å². The number of nitrogens with zero attached hydrogens (tertiary/aromatic N) is 3. The summed E-state index contributed by atoms with van der Waals surface area (Å²) in [5, 5.41) is 0. The Morgan fingerprint density at radius 1 is 0.929 bits per heavy atom. The van der Waals surface area contributed by atoms with E-state index >= 15 is 0 Å². The fourth-order valence-corrected chi connectivity index (χ4v) is 4.06. The number of carbonyl (C=O) groups is 2. The highest BCUT2D eigenvalue weighted by atomic mass is 16.5. The highest BCUT2D eigenvalue weighted by Crippen LogP contribution is 2.23. The van der Waals surface area contributed by atoms with Crippen molar-refractivity contribution < 1.29 is 14.3 Å². The first kappa shape index (κ1) is 20.6. The first-order valence-corrected chi connectivity index (χ1v) is 10.5. The fraction of sp³-hybridized carbons (Fsp3) is 0.636. The zero-order valence-electron chi connectivity index (χ0n) is 17.2. The van der Waals surface area contributed by atoms with Crippen LogP contribution in [-0.2, 0) is 9.59 Å². The zero-order valence-corrected chi connectivity index (χ0v) is 17.2. The Kier molecular flexibility index (Phi) is 7.31. The van der Waals surface area contributed by atoms with Crippen LogP contribution in [0.4, 0.5) is 0 Å². The summed E-state index contributed by atoms with van der Waals surface area (Å²) in [6, 6.07) is 7.91. The van der Waals surface area contributed by atoms with Gasteiger partial charge >= 0.3 is 0 Å². The molecule has 0 aliphatic carbocycles. The van der Waals surface area contributed by atoms with Gasteiger partial charge in [-0.3, -0.25) is 9.59 Å². The number of amides is 2. The molecule has 2 heterocycles. The SMILES string of the molecule is COc1ccc(C(C)CC(=O)N2CCN(C(=O)CCN3CCCC3)CC2)cc1. The van der Waals surface area contributed by atoms with Gasteiger partial charge in [-0.05, 0) is 49.5 Å². The summed E-state index contributed by atoms with van der Waals surface area (Å²) < 4.78 is 5.19. The molecule has 0 bridgehead atoms. The number of likely N-dealkylation sites (tertiary alicyclic amines) is 1. The van der Waals surface area contributed by atoms with Crippen LogP contribution in [0.2, 0.25) is 0 Å². The fourth-order valence-electron chi connectivity index (χ4n) is 4.06. The maximum absolute atomic E-state index is 12.7. The largest absolute Gasteiger partial charge is 0.497 e. The van der Waals surface area contributed by atoms with Gasteiger partial charge in [0, 0.05) is 45.6 Å². The van der Waals surface area contributed by atoms with E-state index in [1.807, 2.05) is 34.1 Å². The van der Waals surface area contributed by atoms with E-state index in [1.165, 1.54) is 12.8 Å². The normalized spacial score (nSPS) is 18.9. The van der Waals surface area contributed by atoms with Crippen LogP contribution < -0.4 is 4.74 Å². The van der Waals surface area contributed by atoms with Crippen molar-refractivity contribution in [2.75, 3.05) is 52.9 Å². The van der Waals surface area contributed by atoms with Gasteiger partial charge in [0.2, 0.25) is 11.8 Å². The molecule has 1 aromatic carbocycles. The Morgan fingerprint density at radius 3 is 2.07 bits per heavy atom. The van der Waals surface area contributed by atoms with Crippen molar-refractivity contribution in [3.05, 3.63) is 29.8 Å². The molecule has 0 aromatic heterocycles. The van der Waals surface area contributed by atoms with Crippen molar-refractivity contribution in [3.8, 4) is 5.75 Å². The lowest BCUT2D eigenvalue weighted by Gasteiger charge is -2.35. The van der Waals surface area contributed by atoms with Gasteiger partial charge < -0.3 is 19.4 Å². The van der Waals surface area contributed by atoms with Gasteiger partial charge in [-0.2, -0.15) is 0 Å². The molecule has 1 unspecified atom stereocenters. The van der Waals surface area contributed by atoms with Gasteiger partial charge in [-0.15, -0.1) is 0 Å². The Bertz CT molecular complexity index is 647. The lowest BCUT2D eigenvalue weighted by atomic mass is 9.97. The Balaban J connectivity index is 1.40. The van der Waals surface area contributed by atoms with Crippen molar-refractivity contribution in [3.63, 3.8) is 0 Å². The molecule has 2 aliphatic heterocycles. The van der Waals surface area contributed by atoms with E-state index in [9.17, 15) is 9.59 Å². The standard InChI is InChI=1S/C22H33N3O3/c1-18(19-5-7-20(28-2)8-6-19)17-22(27)25-15-13-24(14-16-25)21(26)9-12-23-10-3-4-11-23/h5-8,18H,3-4,9-17H2,1-2H3. The topological polar surface area (TPSA) is 53.1 Å². The van der Waals surface area contributed by atoms with E-state index < -0.39 is 0 Å². The third-order valence-electron chi connectivity index (χ3n) is 5.99. The average molecular weight is 388 g/mol. The van der Waals surface area contributed by atoms with Gasteiger partial charge in [0.15, 0.2) is 0 Å². The van der Waals surface area contributed by atoms with Crippen LogP contribution in [0.5, 0.6) is 5.75 Å². The number of ether oxygens (including phenoxy) is 1. The maximum atomic E-state index is 12.7. The second-order valence-corrected chi connectivity index (χ2v) is 7.94. The molecule has 3 rings (SSSR count). The molecule has 1 atom stereocenters. The number of hydrogen-bond donors (Lipinski definition) is 0. The molecular weight excluding hydrogens is 354 g/mol. The van der Waals surface area contributed by atoms with E-state index in [2.05, 4.69) is 11.8 Å². The lowest BCUT2D eigenvalue weighted by Crippen LogP contribution is -2.51. The monoisotopic (exact) mass is 387 g/mol. The van der Waals surface area contributed by atoms with E-state index in [-0.39, 0.29) is 17.7 Å². The van der Waals surface area contributed by atoms with Crippen LogP contribution in [0.3, 0.4) is 0 Å². The summed E-state index contributed by atoms with van der Waals surface area (Å²) >= 11 is 0. The third-order valence-corrected chi connectivity index (χ3v) is 5.99. The Morgan fingerprint density at radius 2 is 1.50 bits per heavy atom.